The van der Waals surface area contributed by atoms with E-state index in [0.29, 0.717) is 44.0 Å². The molecule has 1 aromatic heterocycles. The molecule has 4 heterocycles. The van der Waals surface area contributed by atoms with Crippen LogP contribution in [0, 0.1) is 0 Å². The first-order valence-corrected chi connectivity index (χ1v) is 12.6. The van der Waals surface area contributed by atoms with Gasteiger partial charge < -0.3 is 34.6 Å². The predicted octanol–water partition coefficient (Wildman–Crippen LogP) is 2.95. The zero-order valence-electron chi connectivity index (χ0n) is 19.4. The molecule has 1 aromatic carbocycles. The third kappa shape index (κ3) is 5.79. The van der Waals surface area contributed by atoms with Crippen LogP contribution in [0.5, 0.6) is 11.5 Å². The molecular formula is C24H32N6O3S. The fraction of sp³-hybridized carbons (Fsp3) is 0.542. The van der Waals surface area contributed by atoms with Crippen molar-refractivity contribution < 1.29 is 14.2 Å². The summed E-state index contributed by atoms with van der Waals surface area (Å²) in [4.78, 5) is 14.2. The Balaban J connectivity index is 1.28. The summed E-state index contributed by atoms with van der Waals surface area (Å²) in [6.45, 7) is 6.82. The Morgan fingerprint density at radius 3 is 2.24 bits per heavy atom. The van der Waals surface area contributed by atoms with E-state index in [1.807, 2.05) is 18.2 Å². The smallest absolute Gasteiger partial charge is 0.232 e. The summed E-state index contributed by atoms with van der Waals surface area (Å²) in [5.74, 6) is 3.94. The summed E-state index contributed by atoms with van der Waals surface area (Å²) < 4.78 is 16.8. The minimum Gasteiger partial charge on any atom is -0.486 e. The quantitative estimate of drug-likeness (QED) is 0.618. The van der Waals surface area contributed by atoms with Crippen molar-refractivity contribution in [3.63, 3.8) is 0 Å². The van der Waals surface area contributed by atoms with Gasteiger partial charge in [0.05, 0.1) is 13.2 Å². The topological polar surface area (TPSA) is 84.0 Å². The second kappa shape index (κ2) is 11.1. The number of hydrogen-bond donors (Lipinski definition) is 2. The molecule has 0 bridgehead atoms. The number of morpholine rings is 1. The highest BCUT2D eigenvalue weighted by Gasteiger charge is 2.19. The lowest BCUT2D eigenvalue weighted by molar-refractivity contribution is 0.122. The van der Waals surface area contributed by atoms with E-state index in [1.54, 1.807) is 0 Å². The van der Waals surface area contributed by atoms with Crippen molar-refractivity contribution >= 4 is 34.9 Å². The van der Waals surface area contributed by atoms with Gasteiger partial charge in [0.15, 0.2) is 16.6 Å². The van der Waals surface area contributed by atoms with Gasteiger partial charge in [-0.3, -0.25) is 0 Å². The number of rotatable bonds is 5. The fourth-order valence-corrected chi connectivity index (χ4v) is 4.58. The van der Waals surface area contributed by atoms with Gasteiger partial charge in [-0.2, -0.15) is 9.97 Å². The van der Waals surface area contributed by atoms with Crippen molar-refractivity contribution in [1.29, 1.82) is 0 Å². The van der Waals surface area contributed by atoms with E-state index in [0.717, 1.165) is 54.9 Å². The van der Waals surface area contributed by atoms with E-state index in [4.69, 9.17) is 36.4 Å². The molecule has 0 aliphatic carbocycles. The standard InChI is InChI=1S/C24H32N6O3S/c34-24(25-17-18-5-6-19-20(15-18)33-14-13-32-19)28-23-26-21(29-7-3-1-2-4-8-29)16-22(27-23)30-9-11-31-12-10-30/h5-6,15-16H,1-4,7-14,17H2,(H2,25,26,27,28,34). The third-order valence-electron chi connectivity index (χ3n) is 6.25. The van der Waals surface area contributed by atoms with Gasteiger partial charge in [0.2, 0.25) is 5.95 Å². The van der Waals surface area contributed by atoms with Gasteiger partial charge in [0, 0.05) is 38.8 Å². The minimum absolute atomic E-state index is 0.482. The molecule has 0 atom stereocenters. The number of benzene rings is 1. The van der Waals surface area contributed by atoms with Gasteiger partial charge in [0.1, 0.15) is 24.8 Å². The molecule has 3 aliphatic rings. The number of thiocarbonyl (C=S) groups is 1. The first-order valence-electron chi connectivity index (χ1n) is 12.1. The van der Waals surface area contributed by atoms with Crippen LogP contribution in [-0.4, -0.2) is 67.7 Å². The summed E-state index contributed by atoms with van der Waals surface area (Å²) in [6.07, 6.45) is 4.93. The van der Waals surface area contributed by atoms with Crippen LogP contribution in [0.15, 0.2) is 24.3 Å². The van der Waals surface area contributed by atoms with Crippen LogP contribution in [0.3, 0.4) is 0 Å². The Labute approximate surface area is 205 Å². The first kappa shape index (κ1) is 22.9. The molecule has 0 amide bonds. The van der Waals surface area contributed by atoms with Gasteiger partial charge in [-0.1, -0.05) is 18.9 Å². The number of fused-ring (bicyclic) bond motifs is 1. The van der Waals surface area contributed by atoms with Gasteiger partial charge in [-0.25, -0.2) is 0 Å². The Morgan fingerprint density at radius 1 is 0.824 bits per heavy atom. The van der Waals surface area contributed by atoms with E-state index < -0.39 is 0 Å². The molecule has 5 rings (SSSR count). The number of ether oxygens (including phenoxy) is 3. The molecule has 0 unspecified atom stereocenters. The molecule has 9 nitrogen and oxygen atoms in total. The highest BCUT2D eigenvalue weighted by molar-refractivity contribution is 7.80. The average Bonchev–Trinajstić information content (AvgIpc) is 3.17. The maximum absolute atomic E-state index is 5.68. The number of nitrogens with zero attached hydrogens (tertiary/aromatic N) is 4. The Bertz CT molecular complexity index is 993. The van der Waals surface area contributed by atoms with Gasteiger partial charge in [-0.05, 0) is 42.8 Å². The van der Waals surface area contributed by atoms with E-state index in [9.17, 15) is 0 Å². The molecule has 0 radical (unpaired) electrons. The lowest BCUT2D eigenvalue weighted by Gasteiger charge is -2.29. The maximum Gasteiger partial charge on any atom is 0.232 e. The largest absolute Gasteiger partial charge is 0.486 e. The summed E-state index contributed by atoms with van der Waals surface area (Å²) in [5.41, 5.74) is 1.06. The SMILES string of the molecule is S=C(NCc1ccc2c(c1)OCCO2)Nc1nc(N2CCCCCC2)cc(N2CCOCC2)n1. The monoisotopic (exact) mass is 484 g/mol. The third-order valence-corrected chi connectivity index (χ3v) is 6.50. The van der Waals surface area contributed by atoms with E-state index >= 15 is 0 Å². The van der Waals surface area contributed by atoms with Crippen molar-refractivity contribution in [2.24, 2.45) is 0 Å². The van der Waals surface area contributed by atoms with Crippen LogP contribution in [0.25, 0.3) is 0 Å². The molecule has 10 heteroatoms. The van der Waals surface area contributed by atoms with E-state index in [-0.39, 0.29) is 0 Å². The van der Waals surface area contributed by atoms with Crippen molar-refractivity contribution in [2.75, 3.05) is 67.7 Å². The molecule has 3 aliphatic heterocycles. The van der Waals surface area contributed by atoms with Gasteiger partial charge in [0.25, 0.3) is 0 Å². The molecule has 2 aromatic rings. The Morgan fingerprint density at radius 2 is 1.50 bits per heavy atom. The summed E-state index contributed by atoms with van der Waals surface area (Å²) in [5, 5.41) is 6.95. The van der Waals surface area contributed by atoms with Crippen LogP contribution in [0.1, 0.15) is 31.2 Å². The highest BCUT2D eigenvalue weighted by atomic mass is 32.1. The number of nitrogens with one attached hydrogen (secondary N) is 2. The second-order valence-corrected chi connectivity index (χ2v) is 9.10. The fourth-order valence-electron chi connectivity index (χ4n) is 4.42. The molecule has 2 fully saturated rings. The number of hydrogen-bond acceptors (Lipinski definition) is 8. The molecule has 182 valence electrons. The average molecular weight is 485 g/mol. The summed E-state index contributed by atoms with van der Waals surface area (Å²) >= 11 is 5.57. The Hall–Kier alpha value is -2.85. The molecule has 0 saturated carbocycles. The second-order valence-electron chi connectivity index (χ2n) is 8.69. The minimum atomic E-state index is 0.482. The van der Waals surface area contributed by atoms with E-state index in [2.05, 4.69) is 26.5 Å². The maximum atomic E-state index is 5.68. The van der Waals surface area contributed by atoms with Crippen LogP contribution < -0.4 is 29.9 Å². The zero-order chi connectivity index (χ0) is 23.2. The van der Waals surface area contributed by atoms with Crippen LogP contribution in [0.4, 0.5) is 17.6 Å². The van der Waals surface area contributed by atoms with Crippen molar-refractivity contribution in [3.8, 4) is 11.5 Å². The summed E-state index contributed by atoms with van der Waals surface area (Å²) in [7, 11) is 0. The van der Waals surface area contributed by atoms with Gasteiger partial charge in [-0.15, -0.1) is 0 Å². The summed E-state index contributed by atoms with van der Waals surface area (Å²) in [6, 6.07) is 8.03. The first-order chi connectivity index (χ1) is 16.7. The van der Waals surface area contributed by atoms with Crippen LogP contribution in [0.2, 0.25) is 0 Å². The number of anilines is 3. The lowest BCUT2D eigenvalue weighted by Crippen LogP contribution is -2.37. The van der Waals surface area contributed by atoms with Gasteiger partial charge >= 0.3 is 0 Å². The van der Waals surface area contributed by atoms with Crippen LogP contribution >= 0.6 is 12.2 Å². The predicted molar refractivity (Wildman–Crippen MR) is 136 cm³/mol. The van der Waals surface area contributed by atoms with E-state index in [1.165, 1.54) is 25.7 Å². The van der Waals surface area contributed by atoms with Crippen molar-refractivity contribution in [1.82, 2.24) is 15.3 Å². The highest BCUT2D eigenvalue weighted by Crippen LogP contribution is 2.30. The van der Waals surface area contributed by atoms with Crippen molar-refractivity contribution in [3.05, 3.63) is 29.8 Å². The van der Waals surface area contributed by atoms with Crippen molar-refractivity contribution in [2.45, 2.75) is 32.2 Å². The molecule has 2 N–H and O–H groups in total. The molecular weight excluding hydrogens is 452 g/mol. The van der Waals surface area contributed by atoms with Crippen LogP contribution in [-0.2, 0) is 11.3 Å². The zero-order valence-corrected chi connectivity index (χ0v) is 20.2. The molecule has 34 heavy (non-hydrogen) atoms. The normalized spacial score (nSPS) is 18.2. The Kier molecular flexibility index (Phi) is 7.45. The number of aromatic nitrogens is 2. The molecule has 0 spiro atoms. The lowest BCUT2D eigenvalue weighted by atomic mass is 10.2. The molecule has 2 saturated heterocycles.